The molecule has 10 heteroatoms. The van der Waals surface area contributed by atoms with E-state index in [4.69, 9.17) is 23.4 Å². The van der Waals surface area contributed by atoms with E-state index in [0.29, 0.717) is 50.2 Å². The number of fused-ring (bicyclic) bond motifs is 1. The summed E-state index contributed by atoms with van der Waals surface area (Å²) in [5, 5.41) is 0.939. The Bertz CT molecular complexity index is 1460. The summed E-state index contributed by atoms with van der Waals surface area (Å²) in [5.41, 5.74) is 2.95. The maximum atomic E-state index is 12.4. The number of hydrogen-bond donors (Lipinski definition) is 0. The van der Waals surface area contributed by atoms with Gasteiger partial charge in [-0.25, -0.2) is 19.2 Å². The van der Waals surface area contributed by atoms with Crippen molar-refractivity contribution in [3.8, 4) is 11.3 Å². The predicted octanol–water partition coefficient (Wildman–Crippen LogP) is 6.59. The van der Waals surface area contributed by atoms with Crippen LogP contribution in [0.1, 0.15) is 48.9 Å². The third-order valence-corrected chi connectivity index (χ3v) is 6.92. The van der Waals surface area contributed by atoms with Gasteiger partial charge in [0.15, 0.2) is 0 Å². The summed E-state index contributed by atoms with van der Waals surface area (Å²) in [6.45, 7) is 12.7. The highest BCUT2D eigenvalue weighted by Crippen LogP contribution is 2.31. The lowest BCUT2D eigenvalue weighted by molar-refractivity contribution is -0.138. The molecule has 46 heavy (non-hydrogen) atoms. The van der Waals surface area contributed by atoms with E-state index in [-0.39, 0.29) is 13.2 Å². The molecule has 2 aromatic carbocycles. The zero-order valence-electron chi connectivity index (χ0n) is 26.1. The van der Waals surface area contributed by atoms with Gasteiger partial charge in [0.05, 0.1) is 32.0 Å². The van der Waals surface area contributed by atoms with E-state index in [9.17, 15) is 19.2 Å². The second-order valence-corrected chi connectivity index (χ2v) is 10.3. The van der Waals surface area contributed by atoms with Gasteiger partial charge in [-0.15, -0.1) is 0 Å². The van der Waals surface area contributed by atoms with Crippen LogP contribution in [0.25, 0.3) is 22.3 Å². The highest BCUT2D eigenvalue weighted by Gasteiger charge is 2.13. The van der Waals surface area contributed by atoms with Crippen LogP contribution in [0.4, 0.5) is 5.69 Å². The first-order chi connectivity index (χ1) is 22.3. The maximum Gasteiger partial charge on any atom is 0.338 e. The van der Waals surface area contributed by atoms with Crippen molar-refractivity contribution in [2.75, 3.05) is 44.4 Å². The Morgan fingerprint density at radius 1 is 0.630 bits per heavy atom. The molecule has 10 nitrogen and oxygen atoms in total. The first-order valence-electron chi connectivity index (χ1n) is 15.3. The largest absolute Gasteiger partial charge is 0.463 e. The maximum absolute atomic E-state index is 12.4. The lowest BCUT2D eigenvalue weighted by Crippen LogP contribution is -2.26. The minimum Gasteiger partial charge on any atom is -0.463 e. The van der Waals surface area contributed by atoms with Crippen molar-refractivity contribution in [3.05, 3.63) is 92.1 Å². The molecule has 1 heterocycles. The molecule has 0 bridgehead atoms. The van der Waals surface area contributed by atoms with E-state index in [0.717, 1.165) is 66.4 Å². The molecule has 0 radical (unpaired) electrons. The van der Waals surface area contributed by atoms with Crippen LogP contribution in [0.5, 0.6) is 0 Å². The van der Waals surface area contributed by atoms with Crippen molar-refractivity contribution in [1.29, 1.82) is 0 Å². The molecule has 0 unspecified atom stereocenters. The Hall–Kier alpha value is -5.12. The normalized spacial score (nSPS) is 10.5. The summed E-state index contributed by atoms with van der Waals surface area (Å²) in [6.07, 6.45) is 7.58. The summed E-state index contributed by atoms with van der Waals surface area (Å²) < 4.78 is 26.6. The smallest absolute Gasteiger partial charge is 0.338 e. The van der Waals surface area contributed by atoms with E-state index >= 15 is 0 Å². The molecule has 0 saturated heterocycles. The van der Waals surface area contributed by atoms with Crippen molar-refractivity contribution in [2.24, 2.45) is 0 Å². The number of rotatable bonds is 21. The van der Waals surface area contributed by atoms with Gasteiger partial charge in [0.25, 0.3) is 0 Å². The van der Waals surface area contributed by atoms with E-state index in [1.54, 1.807) is 12.1 Å². The molecule has 3 aromatic rings. The first-order valence-corrected chi connectivity index (χ1v) is 15.3. The Morgan fingerprint density at radius 3 is 1.65 bits per heavy atom. The van der Waals surface area contributed by atoms with Gasteiger partial charge >= 0.3 is 23.9 Å². The third-order valence-electron chi connectivity index (χ3n) is 6.92. The van der Waals surface area contributed by atoms with Crippen molar-refractivity contribution < 1.29 is 42.5 Å². The highest BCUT2D eigenvalue weighted by molar-refractivity contribution is 5.90. The lowest BCUT2D eigenvalue weighted by atomic mass is 10.1. The van der Waals surface area contributed by atoms with Gasteiger partial charge < -0.3 is 28.3 Å². The van der Waals surface area contributed by atoms with E-state index in [1.165, 1.54) is 0 Å². The molecule has 0 saturated carbocycles. The van der Waals surface area contributed by atoms with Crippen LogP contribution < -0.4 is 4.90 Å². The van der Waals surface area contributed by atoms with Crippen LogP contribution in [0, 0.1) is 0 Å². The van der Waals surface area contributed by atoms with E-state index in [1.807, 2.05) is 36.4 Å². The Morgan fingerprint density at radius 2 is 1.13 bits per heavy atom. The molecule has 3 rings (SSSR count). The van der Waals surface area contributed by atoms with Crippen LogP contribution >= 0.6 is 0 Å². The van der Waals surface area contributed by atoms with Crippen LogP contribution in [0.15, 0.2) is 90.9 Å². The SMILES string of the molecule is C=CC(=O)OCCCCOC(=O)c1ccc(-c2cc3ccc(N(CCCCOC(=O)C=C)CCCCOC(=O)C=C)cc3o2)cc1. The zero-order chi connectivity index (χ0) is 33.1. The minimum atomic E-state index is -0.473. The van der Waals surface area contributed by atoms with Gasteiger partial charge in [-0.1, -0.05) is 31.9 Å². The fourth-order valence-electron chi connectivity index (χ4n) is 4.46. The first kappa shape index (κ1) is 35.4. The van der Waals surface area contributed by atoms with Crippen LogP contribution in [0.3, 0.4) is 0 Å². The Labute approximate surface area is 269 Å². The van der Waals surface area contributed by atoms with Crippen molar-refractivity contribution in [1.82, 2.24) is 0 Å². The molecule has 1 aromatic heterocycles. The molecular formula is C36H41NO9. The number of anilines is 1. The molecule has 0 N–H and O–H groups in total. The van der Waals surface area contributed by atoms with Crippen LogP contribution in [-0.4, -0.2) is 63.4 Å². The number of benzene rings is 2. The average Bonchev–Trinajstić information content (AvgIpc) is 3.51. The molecule has 0 aliphatic rings. The number of esters is 4. The molecule has 0 atom stereocenters. The number of nitrogens with zero attached hydrogens (tertiary/aromatic N) is 1. The van der Waals surface area contributed by atoms with Gasteiger partial charge in [0, 0.05) is 54.0 Å². The number of furan rings is 1. The Balaban J connectivity index is 1.60. The van der Waals surface area contributed by atoms with Crippen molar-refractivity contribution in [3.63, 3.8) is 0 Å². The van der Waals surface area contributed by atoms with Crippen LogP contribution in [0.2, 0.25) is 0 Å². The number of carbonyl (C=O) groups excluding carboxylic acids is 4. The monoisotopic (exact) mass is 631 g/mol. The fourth-order valence-corrected chi connectivity index (χ4v) is 4.46. The second kappa shape index (κ2) is 19.3. The van der Waals surface area contributed by atoms with Gasteiger partial charge in [-0.05, 0) is 68.9 Å². The molecule has 0 spiro atoms. The molecule has 0 aliphatic heterocycles. The number of hydrogen-bond acceptors (Lipinski definition) is 10. The zero-order valence-corrected chi connectivity index (χ0v) is 26.1. The van der Waals surface area contributed by atoms with Crippen molar-refractivity contribution >= 4 is 40.5 Å². The number of ether oxygens (including phenoxy) is 4. The van der Waals surface area contributed by atoms with Gasteiger partial charge in [0.2, 0.25) is 0 Å². The van der Waals surface area contributed by atoms with E-state index < -0.39 is 23.9 Å². The molecule has 0 aliphatic carbocycles. The summed E-state index contributed by atoms with van der Waals surface area (Å²) in [6, 6.07) is 15.0. The molecule has 244 valence electrons. The van der Waals surface area contributed by atoms with Gasteiger partial charge in [-0.2, -0.15) is 0 Å². The summed E-state index contributed by atoms with van der Waals surface area (Å²) in [4.78, 5) is 48.4. The predicted molar refractivity (Wildman–Crippen MR) is 175 cm³/mol. The topological polar surface area (TPSA) is 122 Å². The van der Waals surface area contributed by atoms with Crippen molar-refractivity contribution in [2.45, 2.75) is 38.5 Å². The summed E-state index contributed by atoms with van der Waals surface area (Å²) in [5.74, 6) is -1.10. The quantitative estimate of drug-likeness (QED) is 0.0551. The standard InChI is InChI=1S/C36H41NO9/c1-4-33(38)42-21-9-7-19-37(20-8-10-22-43-34(39)5-2)30-18-17-29-25-31(46-32(29)26-30)27-13-15-28(16-14-27)36(41)45-24-12-11-23-44-35(40)6-3/h4-6,13-18,25-26H,1-3,7-12,19-24H2. The van der Waals surface area contributed by atoms with Gasteiger partial charge in [-0.3, -0.25) is 0 Å². The minimum absolute atomic E-state index is 0.223. The van der Waals surface area contributed by atoms with Gasteiger partial charge in [0.1, 0.15) is 11.3 Å². The van der Waals surface area contributed by atoms with Crippen LogP contribution in [-0.2, 0) is 33.3 Å². The highest BCUT2D eigenvalue weighted by atomic mass is 16.5. The lowest BCUT2D eigenvalue weighted by Gasteiger charge is -2.25. The number of carbonyl (C=O) groups is 4. The molecular weight excluding hydrogens is 590 g/mol. The third kappa shape index (κ3) is 11.8. The second-order valence-electron chi connectivity index (χ2n) is 10.3. The number of unbranched alkanes of at least 4 members (excludes halogenated alkanes) is 3. The summed E-state index contributed by atoms with van der Waals surface area (Å²) >= 11 is 0. The fraction of sp³-hybridized carbons (Fsp3) is 0.333. The molecule has 0 amide bonds. The Kier molecular flexibility index (Phi) is 14.8. The van der Waals surface area contributed by atoms with E-state index in [2.05, 4.69) is 24.6 Å². The average molecular weight is 632 g/mol. The summed E-state index contributed by atoms with van der Waals surface area (Å²) in [7, 11) is 0. The molecule has 0 fully saturated rings.